The lowest BCUT2D eigenvalue weighted by Crippen LogP contribution is -2.44. The van der Waals surface area contributed by atoms with E-state index in [0.717, 1.165) is 16.7 Å². The van der Waals surface area contributed by atoms with Crippen molar-refractivity contribution < 1.29 is 13.2 Å². The van der Waals surface area contributed by atoms with Gasteiger partial charge in [0.05, 0.1) is 17.6 Å². The fraction of sp³-hybridized carbons (Fsp3) is 0.600. The second kappa shape index (κ2) is 6.44. The SMILES string of the molecule is CNCc1cc(C)c(C)c(S(=O)(=O)N2CCOC(C)C2)c1. The van der Waals surface area contributed by atoms with Gasteiger partial charge in [-0.05, 0) is 50.6 Å². The van der Waals surface area contributed by atoms with Gasteiger partial charge in [-0.25, -0.2) is 8.42 Å². The summed E-state index contributed by atoms with van der Waals surface area (Å²) in [5.41, 5.74) is 2.82. The van der Waals surface area contributed by atoms with Gasteiger partial charge in [0.1, 0.15) is 0 Å². The topological polar surface area (TPSA) is 58.6 Å². The van der Waals surface area contributed by atoms with E-state index in [1.807, 2.05) is 33.9 Å². The number of nitrogens with zero attached hydrogens (tertiary/aromatic N) is 1. The van der Waals surface area contributed by atoms with Gasteiger partial charge in [-0.2, -0.15) is 4.31 Å². The van der Waals surface area contributed by atoms with Crippen LogP contribution in [0.15, 0.2) is 17.0 Å². The van der Waals surface area contributed by atoms with Gasteiger partial charge < -0.3 is 10.1 Å². The Morgan fingerprint density at radius 1 is 1.38 bits per heavy atom. The summed E-state index contributed by atoms with van der Waals surface area (Å²) in [6.45, 7) is 7.66. The molecule has 0 aliphatic carbocycles. The van der Waals surface area contributed by atoms with E-state index in [-0.39, 0.29) is 6.10 Å². The van der Waals surface area contributed by atoms with E-state index in [1.54, 1.807) is 6.07 Å². The molecule has 0 spiro atoms. The molecule has 1 aromatic carbocycles. The Balaban J connectivity index is 2.43. The molecular weight excluding hydrogens is 288 g/mol. The van der Waals surface area contributed by atoms with Crippen molar-refractivity contribution in [3.05, 3.63) is 28.8 Å². The van der Waals surface area contributed by atoms with E-state index in [0.29, 0.717) is 31.1 Å². The van der Waals surface area contributed by atoms with Crippen LogP contribution in [-0.2, 0) is 21.3 Å². The maximum Gasteiger partial charge on any atom is 0.243 e. The summed E-state index contributed by atoms with van der Waals surface area (Å²) in [4.78, 5) is 0.418. The average molecular weight is 312 g/mol. The third kappa shape index (κ3) is 3.45. The van der Waals surface area contributed by atoms with E-state index in [1.165, 1.54) is 4.31 Å². The van der Waals surface area contributed by atoms with Crippen LogP contribution < -0.4 is 5.32 Å². The molecule has 6 heteroatoms. The minimum absolute atomic E-state index is 0.0598. The molecule has 21 heavy (non-hydrogen) atoms. The average Bonchev–Trinajstić information content (AvgIpc) is 2.42. The van der Waals surface area contributed by atoms with Crippen LogP contribution in [0.2, 0.25) is 0 Å². The normalized spacial score (nSPS) is 20.7. The van der Waals surface area contributed by atoms with E-state index in [2.05, 4.69) is 5.32 Å². The second-order valence-electron chi connectivity index (χ2n) is 5.61. The molecule has 1 N–H and O–H groups in total. The van der Waals surface area contributed by atoms with Crippen molar-refractivity contribution in [3.8, 4) is 0 Å². The van der Waals surface area contributed by atoms with Crippen LogP contribution in [-0.4, -0.2) is 45.6 Å². The summed E-state index contributed by atoms with van der Waals surface area (Å²) in [6.07, 6.45) is -0.0598. The zero-order valence-electron chi connectivity index (χ0n) is 13.1. The first-order valence-corrected chi connectivity index (χ1v) is 8.66. The summed E-state index contributed by atoms with van der Waals surface area (Å²) < 4.78 is 32.8. The molecule has 0 amide bonds. The number of sulfonamides is 1. The van der Waals surface area contributed by atoms with Crippen LogP contribution in [0, 0.1) is 13.8 Å². The molecule has 1 unspecified atom stereocenters. The molecular formula is C15H24N2O3S. The smallest absolute Gasteiger partial charge is 0.243 e. The fourth-order valence-corrected chi connectivity index (χ4v) is 4.46. The van der Waals surface area contributed by atoms with E-state index in [9.17, 15) is 8.42 Å². The minimum Gasteiger partial charge on any atom is -0.376 e. The van der Waals surface area contributed by atoms with Crippen LogP contribution in [0.1, 0.15) is 23.6 Å². The van der Waals surface area contributed by atoms with Crippen molar-refractivity contribution >= 4 is 10.0 Å². The summed E-state index contributed by atoms with van der Waals surface area (Å²) in [7, 11) is -1.61. The predicted octanol–water partition coefficient (Wildman–Crippen LogP) is 1.43. The maximum atomic E-state index is 12.9. The molecule has 0 radical (unpaired) electrons. The van der Waals surface area contributed by atoms with Gasteiger partial charge in [-0.3, -0.25) is 0 Å². The summed E-state index contributed by atoms with van der Waals surface area (Å²) in [5, 5.41) is 3.07. The Morgan fingerprint density at radius 2 is 2.10 bits per heavy atom. The van der Waals surface area contributed by atoms with Gasteiger partial charge in [0.15, 0.2) is 0 Å². The number of hydrogen-bond donors (Lipinski definition) is 1. The highest BCUT2D eigenvalue weighted by Gasteiger charge is 2.30. The van der Waals surface area contributed by atoms with Crippen molar-refractivity contribution in [2.24, 2.45) is 0 Å². The molecule has 1 aliphatic rings. The fourth-order valence-electron chi connectivity index (χ4n) is 2.62. The van der Waals surface area contributed by atoms with Crippen LogP contribution in [0.4, 0.5) is 0 Å². The van der Waals surface area contributed by atoms with Crippen LogP contribution in [0.25, 0.3) is 0 Å². The Kier molecular flexibility index (Phi) is 5.03. The number of aryl methyl sites for hydroxylation is 1. The third-order valence-electron chi connectivity index (χ3n) is 3.88. The first-order valence-electron chi connectivity index (χ1n) is 7.22. The van der Waals surface area contributed by atoms with Gasteiger partial charge in [-0.15, -0.1) is 0 Å². The van der Waals surface area contributed by atoms with Crippen molar-refractivity contribution in [2.45, 2.75) is 38.3 Å². The zero-order valence-corrected chi connectivity index (χ0v) is 14.0. The molecule has 5 nitrogen and oxygen atoms in total. The molecule has 1 heterocycles. The molecule has 0 aromatic heterocycles. The zero-order chi connectivity index (χ0) is 15.6. The molecule has 118 valence electrons. The van der Waals surface area contributed by atoms with Gasteiger partial charge in [0, 0.05) is 19.6 Å². The van der Waals surface area contributed by atoms with Crippen LogP contribution >= 0.6 is 0 Å². The lowest BCUT2D eigenvalue weighted by Gasteiger charge is -2.31. The summed E-state index contributed by atoms with van der Waals surface area (Å²) >= 11 is 0. The Bertz CT molecular complexity index is 614. The van der Waals surface area contributed by atoms with Crippen LogP contribution in [0.3, 0.4) is 0 Å². The van der Waals surface area contributed by atoms with Gasteiger partial charge >= 0.3 is 0 Å². The quantitative estimate of drug-likeness (QED) is 0.914. The van der Waals surface area contributed by atoms with Crippen molar-refractivity contribution in [1.82, 2.24) is 9.62 Å². The Hall–Kier alpha value is -0.950. The lowest BCUT2D eigenvalue weighted by atomic mass is 10.1. The largest absolute Gasteiger partial charge is 0.376 e. The molecule has 2 rings (SSSR count). The van der Waals surface area contributed by atoms with Gasteiger partial charge in [0.25, 0.3) is 0 Å². The van der Waals surface area contributed by atoms with Crippen molar-refractivity contribution in [2.75, 3.05) is 26.7 Å². The molecule has 1 atom stereocenters. The maximum absolute atomic E-state index is 12.9. The third-order valence-corrected chi connectivity index (χ3v) is 5.87. The van der Waals surface area contributed by atoms with Gasteiger partial charge in [-0.1, -0.05) is 6.07 Å². The Morgan fingerprint density at radius 3 is 2.71 bits per heavy atom. The highest BCUT2D eigenvalue weighted by Crippen LogP contribution is 2.25. The van der Waals surface area contributed by atoms with E-state index < -0.39 is 10.0 Å². The number of ether oxygens (including phenoxy) is 1. The first-order chi connectivity index (χ1) is 9.86. The number of hydrogen-bond acceptors (Lipinski definition) is 4. The van der Waals surface area contributed by atoms with Crippen molar-refractivity contribution in [3.63, 3.8) is 0 Å². The molecule has 0 saturated carbocycles. The molecule has 1 aliphatic heterocycles. The minimum atomic E-state index is -3.46. The van der Waals surface area contributed by atoms with E-state index in [4.69, 9.17) is 4.74 Å². The number of nitrogens with one attached hydrogen (secondary N) is 1. The van der Waals surface area contributed by atoms with Crippen LogP contribution in [0.5, 0.6) is 0 Å². The standard InChI is InChI=1S/C15H24N2O3S/c1-11-7-14(9-16-4)8-15(13(11)3)21(18,19)17-5-6-20-12(2)10-17/h7-8,12,16H,5-6,9-10H2,1-4H3. The molecule has 1 saturated heterocycles. The van der Waals surface area contributed by atoms with Gasteiger partial charge in [0.2, 0.25) is 10.0 Å². The second-order valence-corrected chi connectivity index (χ2v) is 7.52. The summed E-state index contributed by atoms with van der Waals surface area (Å²) in [6, 6.07) is 3.82. The number of rotatable bonds is 4. The predicted molar refractivity (Wildman–Crippen MR) is 82.9 cm³/mol. The molecule has 1 fully saturated rings. The number of benzene rings is 1. The van der Waals surface area contributed by atoms with Crippen molar-refractivity contribution in [1.29, 1.82) is 0 Å². The molecule has 0 bridgehead atoms. The highest BCUT2D eigenvalue weighted by molar-refractivity contribution is 7.89. The molecule has 1 aromatic rings. The lowest BCUT2D eigenvalue weighted by molar-refractivity contribution is 0.0102. The van der Waals surface area contributed by atoms with E-state index >= 15 is 0 Å². The highest BCUT2D eigenvalue weighted by atomic mass is 32.2. The monoisotopic (exact) mass is 312 g/mol. The summed E-state index contributed by atoms with van der Waals surface area (Å²) in [5.74, 6) is 0. The first kappa shape index (κ1) is 16.4. The Labute approximate surface area is 127 Å². The number of morpholine rings is 1.